The first-order valence-electron chi connectivity index (χ1n) is 10.8. The highest BCUT2D eigenvalue weighted by Gasteiger charge is 2.17. The summed E-state index contributed by atoms with van der Waals surface area (Å²) in [6.07, 6.45) is 4.34. The molecule has 10 heteroatoms. The summed E-state index contributed by atoms with van der Waals surface area (Å²) in [6.45, 7) is 7.33. The molecule has 0 aromatic heterocycles. The van der Waals surface area contributed by atoms with Crippen LogP contribution in [0.4, 0.5) is 0 Å². The van der Waals surface area contributed by atoms with E-state index >= 15 is 0 Å². The van der Waals surface area contributed by atoms with Crippen LogP contribution >= 0.6 is 0 Å². The number of carbonyl (C=O) groups is 2. The molecule has 0 bridgehead atoms. The van der Waals surface area contributed by atoms with Gasteiger partial charge in [0.2, 0.25) is 0 Å². The van der Waals surface area contributed by atoms with E-state index in [9.17, 15) is 36.0 Å². The van der Waals surface area contributed by atoms with Crippen LogP contribution in [0.2, 0.25) is 0 Å². The zero-order valence-corrected chi connectivity index (χ0v) is 19.9. The van der Waals surface area contributed by atoms with Crippen molar-refractivity contribution < 1.29 is 19.8 Å². The summed E-state index contributed by atoms with van der Waals surface area (Å²) < 4.78 is 0. The first-order valence-corrected chi connectivity index (χ1v) is 10.8. The average molecular weight is 511 g/mol. The SMILES string of the molecule is [C-]#[N+]\C(C#N)=C(/C(C#N)=C/C=C/C(C#N)=C(\c1ccc(C(=O)O)cc1)C(C#N)C=[N-])c1ccc(C(=O)O)cc1. The minimum Gasteiger partial charge on any atom is -0.813 e. The summed E-state index contributed by atoms with van der Waals surface area (Å²) in [7, 11) is 0. The second-order valence-electron chi connectivity index (χ2n) is 7.46. The quantitative estimate of drug-likeness (QED) is 0.203. The molecule has 1 unspecified atom stereocenters. The molecule has 186 valence electrons. The molecule has 2 rings (SSSR count). The van der Waals surface area contributed by atoms with E-state index < -0.39 is 23.6 Å². The number of hydrogen-bond acceptors (Lipinski definition) is 6. The lowest BCUT2D eigenvalue weighted by molar-refractivity contribution is 0.0686. The molecule has 0 aliphatic carbocycles. The molecule has 2 aromatic carbocycles. The van der Waals surface area contributed by atoms with E-state index in [4.69, 9.17) is 16.8 Å². The molecule has 2 N–H and O–H groups in total. The second kappa shape index (κ2) is 13.5. The van der Waals surface area contributed by atoms with Gasteiger partial charge in [0.1, 0.15) is 0 Å². The molecule has 10 nitrogen and oxygen atoms in total. The molecule has 1 atom stereocenters. The molecule has 39 heavy (non-hydrogen) atoms. The van der Waals surface area contributed by atoms with Gasteiger partial charge in [0.25, 0.3) is 5.70 Å². The van der Waals surface area contributed by atoms with Gasteiger partial charge in [-0.05, 0) is 53.1 Å². The number of aromatic carboxylic acids is 2. The Morgan fingerprint density at radius 1 is 0.846 bits per heavy atom. The summed E-state index contributed by atoms with van der Waals surface area (Å²) >= 11 is 0. The fourth-order valence-corrected chi connectivity index (χ4v) is 3.41. The minimum atomic E-state index is -1.25. The van der Waals surface area contributed by atoms with Gasteiger partial charge in [0.15, 0.2) is 0 Å². The highest BCUT2D eigenvalue weighted by Crippen LogP contribution is 2.29. The lowest BCUT2D eigenvalue weighted by atomic mass is 9.89. The molecule has 0 heterocycles. The van der Waals surface area contributed by atoms with Crippen molar-refractivity contribution in [3.05, 3.63) is 123 Å². The topological polar surface area (TPSA) is 196 Å². The Balaban J connectivity index is 2.70. The van der Waals surface area contributed by atoms with Gasteiger partial charge in [-0.3, -0.25) is 0 Å². The van der Waals surface area contributed by atoms with Crippen molar-refractivity contribution in [2.45, 2.75) is 0 Å². The Bertz CT molecular complexity index is 1640. The second-order valence-corrected chi connectivity index (χ2v) is 7.46. The van der Waals surface area contributed by atoms with E-state index in [0.29, 0.717) is 11.8 Å². The normalized spacial score (nSPS) is 12.7. The number of rotatable bonds is 9. The standard InChI is InChI=1S/C29H15N6O4/c1-35-25(17-34)27(19-7-11-21(12-8-19)29(38)39)23(14-31)4-2-3-22(13-30)26(24(15-32)16-33)18-5-9-20(10-6-18)28(36)37/h2-12,15,24H,(H,36,37)(H,38,39)/q-1/b3-2+,23-4+,26-22-,27-25-. The monoisotopic (exact) mass is 511 g/mol. The number of allylic oxidation sites excluding steroid dienone is 8. The predicted octanol–water partition coefficient (Wildman–Crippen LogP) is 5.00. The van der Waals surface area contributed by atoms with Crippen LogP contribution in [-0.4, -0.2) is 28.4 Å². The fraction of sp³-hybridized carbons (Fsp3) is 0.0345. The van der Waals surface area contributed by atoms with Crippen molar-refractivity contribution in [1.82, 2.24) is 0 Å². The molecule has 0 amide bonds. The Hall–Kier alpha value is -6.54. The van der Waals surface area contributed by atoms with Gasteiger partial charge < -0.3 is 15.6 Å². The highest BCUT2D eigenvalue weighted by molar-refractivity contribution is 5.93. The number of nitriles is 4. The van der Waals surface area contributed by atoms with Crippen molar-refractivity contribution in [2.75, 3.05) is 0 Å². The lowest BCUT2D eigenvalue weighted by Crippen LogP contribution is -2.05. The van der Waals surface area contributed by atoms with Gasteiger partial charge >= 0.3 is 11.9 Å². The number of carboxylic acid groups (broad SMARTS) is 2. The van der Waals surface area contributed by atoms with Crippen LogP contribution in [0.25, 0.3) is 21.4 Å². The van der Waals surface area contributed by atoms with Crippen LogP contribution in [0.15, 0.2) is 83.6 Å². The van der Waals surface area contributed by atoms with Crippen molar-refractivity contribution in [3.63, 3.8) is 0 Å². The van der Waals surface area contributed by atoms with Crippen LogP contribution < -0.4 is 0 Å². The smallest absolute Gasteiger partial charge is 0.335 e. The van der Waals surface area contributed by atoms with Gasteiger partial charge in [0, 0.05) is 5.57 Å². The summed E-state index contributed by atoms with van der Waals surface area (Å²) in [5.74, 6) is -3.61. The third-order valence-corrected chi connectivity index (χ3v) is 5.24. The minimum absolute atomic E-state index is 0.0287. The van der Waals surface area contributed by atoms with E-state index in [1.165, 1.54) is 66.8 Å². The van der Waals surface area contributed by atoms with E-state index in [1.807, 2.05) is 18.2 Å². The van der Waals surface area contributed by atoms with Crippen LogP contribution in [0.5, 0.6) is 0 Å². The van der Waals surface area contributed by atoms with Crippen molar-refractivity contribution >= 4 is 29.3 Å². The molecule has 0 radical (unpaired) electrons. The first-order chi connectivity index (χ1) is 18.8. The number of carboxylic acids is 2. The van der Waals surface area contributed by atoms with Crippen LogP contribution in [0.1, 0.15) is 31.8 Å². The van der Waals surface area contributed by atoms with E-state index in [1.54, 1.807) is 6.07 Å². The lowest BCUT2D eigenvalue weighted by Gasteiger charge is -2.14. The fourth-order valence-electron chi connectivity index (χ4n) is 3.41. The van der Waals surface area contributed by atoms with Gasteiger partial charge in [0.05, 0.1) is 59.0 Å². The van der Waals surface area contributed by atoms with Gasteiger partial charge in [-0.25, -0.2) is 19.7 Å². The zero-order chi connectivity index (χ0) is 28.9. The number of hydrogen-bond donors (Lipinski definition) is 2. The van der Waals surface area contributed by atoms with E-state index in [-0.39, 0.29) is 39.0 Å². The molecule has 0 fully saturated rings. The first kappa shape index (κ1) is 28.7. The summed E-state index contributed by atoms with van der Waals surface area (Å²) in [6, 6.07) is 17.9. The summed E-state index contributed by atoms with van der Waals surface area (Å²) in [5, 5.41) is 66.4. The van der Waals surface area contributed by atoms with Crippen molar-refractivity contribution in [1.29, 1.82) is 21.0 Å². The maximum atomic E-state index is 11.2. The maximum Gasteiger partial charge on any atom is 0.335 e. The van der Waals surface area contributed by atoms with E-state index in [0.717, 1.165) is 0 Å². The highest BCUT2D eigenvalue weighted by atomic mass is 16.4. The van der Waals surface area contributed by atoms with Gasteiger partial charge in [-0.2, -0.15) is 22.0 Å². The third-order valence-electron chi connectivity index (χ3n) is 5.24. The molecule has 2 aromatic rings. The number of benzene rings is 2. The predicted molar refractivity (Wildman–Crippen MR) is 140 cm³/mol. The summed E-state index contributed by atoms with van der Waals surface area (Å²) in [5.41, 5.74) is -0.175. The van der Waals surface area contributed by atoms with E-state index in [2.05, 4.69) is 4.85 Å². The molecular formula is C29H15N6O4-. The molecular weight excluding hydrogens is 496 g/mol. The van der Waals surface area contributed by atoms with Gasteiger partial charge in [-0.15, -0.1) is 0 Å². The van der Waals surface area contributed by atoms with Crippen LogP contribution in [-0.2, 0) is 0 Å². The number of nitrogens with zero attached hydrogens (tertiary/aromatic N) is 6. The molecule has 0 aliphatic rings. The molecule has 0 spiro atoms. The Kier molecular flexibility index (Phi) is 9.95. The van der Waals surface area contributed by atoms with Gasteiger partial charge in [-0.1, -0.05) is 30.3 Å². The van der Waals surface area contributed by atoms with Crippen LogP contribution in [0.3, 0.4) is 0 Å². The Morgan fingerprint density at radius 3 is 1.74 bits per heavy atom. The molecule has 0 saturated carbocycles. The van der Waals surface area contributed by atoms with Crippen molar-refractivity contribution in [3.8, 4) is 24.3 Å². The van der Waals surface area contributed by atoms with Crippen LogP contribution in [0, 0.1) is 57.8 Å². The maximum absolute atomic E-state index is 11.2. The molecule has 0 aliphatic heterocycles. The van der Waals surface area contributed by atoms with Crippen molar-refractivity contribution in [2.24, 2.45) is 5.92 Å². The summed E-state index contributed by atoms with van der Waals surface area (Å²) in [4.78, 5) is 25.5. The Labute approximate surface area is 223 Å². The average Bonchev–Trinajstić information content (AvgIpc) is 2.95. The Morgan fingerprint density at radius 2 is 1.36 bits per heavy atom. The third kappa shape index (κ3) is 6.78. The largest absolute Gasteiger partial charge is 0.813 e. The zero-order valence-electron chi connectivity index (χ0n) is 19.9. The molecule has 0 saturated heterocycles.